The lowest BCUT2D eigenvalue weighted by molar-refractivity contribution is -0.0133. The van der Waals surface area contributed by atoms with Gasteiger partial charge in [-0.05, 0) is 27.7 Å². The number of aliphatic imine (C=N–C) groups is 1. The van der Waals surface area contributed by atoms with Gasteiger partial charge in [-0.15, -0.1) is 0 Å². The number of hydrazine groups is 1. The molecule has 3 aliphatic rings. The fourth-order valence-corrected chi connectivity index (χ4v) is 2.79. The first-order chi connectivity index (χ1) is 8.52. The summed E-state index contributed by atoms with van der Waals surface area (Å²) >= 11 is 0. The minimum atomic E-state index is 0.185. The van der Waals surface area contributed by atoms with Crippen LogP contribution in [0.25, 0.3) is 5.32 Å². The van der Waals surface area contributed by atoms with Gasteiger partial charge >= 0.3 is 0 Å². The highest BCUT2D eigenvalue weighted by Crippen LogP contribution is 2.40. The van der Waals surface area contributed by atoms with E-state index in [1.165, 1.54) is 5.57 Å². The van der Waals surface area contributed by atoms with Crippen molar-refractivity contribution < 1.29 is 0 Å². The van der Waals surface area contributed by atoms with E-state index in [-0.39, 0.29) is 6.04 Å². The molecule has 2 heterocycles. The number of hydrogen-bond acceptors (Lipinski definition) is 4. The van der Waals surface area contributed by atoms with Crippen LogP contribution in [0.4, 0.5) is 0 Å². The Morgan fingerprint density at radius 3 is 2.72 bits per heavy atom. The maximum atomic E-state index is 4.74. The Morgan fingerprint density at radius 1 is 1.33 bits per heavy atom. The van der Waals surface area contributed by atoms with Crippen LogP contribution >= 0.6 is 0 Å². The van der Waals surface area contributed by atoms with E-state index in [0.717, 1.165) is 22.7 Å². The predicted octanol–water partition coefficient (Wildman–Crippen LogP) is 2.14. The molecule has 0 radical (unpaired) electrons. The molecule has 3 rings (SSSR count). The molecule has 0 aromatic carbocycles. The Morgan fingerprint density at radius 2 is 2.06 bits per heavy atom. The maximum Gasteiger partial charge on any atom is 0.129 e. The minimum Gasteiger partial charge on any atom is -0.256 e. The molecule has 0 aromatic heterocycles. The third-order valence-electron chi connectivity index (χ3n) is 3.70. The lowest BCUT2D eigenvalue weighted by Crippen LogP contribution is -2.44. The first kappa shape index (κ1) is 11.4. The fraction of sp³-hybridized carbons (Fsp3) is 0.538. The van der Waals surface area contributed by atoms with Crippen LogP contribution in [0.1, 0.15) is 27.7 Å². The Kier molecular flexibility index (Phi) is 2.30. The van der Waals surface area contributed by atoms with Crippen LogP contribution in [-0.4, -0.2) is 41.3 Å². The van der Waals surface area contributed by atoms with Crippen LogP contribution in [0.5, 0.6) is 0 Å². The van der Waals surface area contributed by atoms with Gasteiger partial charge < -0.3 is 0 Å². The Hall–Kier alpha value is -1.71. The molecule has 0 saturated carbocycles. The molecule has 18 heavy (non-hydrogen) atoms. The number of fused-ring (bicyclic) bond motifs is 2. The van der Waals surface area contributed by atoms with Gasteiger partial charge in [0.1, 0.15) is 23.1 Å². The monoisotopic (exact) mass is 243 g/mol. The number of hydrogen-bond donors (Lipinski definition) is 0. The molecule has 2 aliphatic heterocycles. The highest BCUT2D eigenvalue weighted by atomic mass is 15.8. The molecule has 0 amide bonds. The van der Waals surface area contributed by atoms with E-state index in [4.69, 9.17) is 5.10 Å². The normalized spacial score (nSPS) is 26.4. The number of nitrogens with zero attached hydrogens (tertiary/aromatic N) is 5. The molecular weight excluding hydrogens is 226 g/mol. The van der Waals surface area contributed by atoms with Crippen LogP contribution in [0, 0.1) is 0 Å². The molecule has 0 spiro atoms. The van der Waals surface area contributed by atoms with Gasteiger partial charge in [-0.2, -0.15) is 10.1 Å². The zero-order chi connectivity index (χ0) is 13.0. The van der Waals surface area contributed by atoms with Crippen molar-refractivity contribution >= 4 is 12.1 Å². The summed E-state index contributed by atoms with van der Waals surface area (Å²) in [5.74, 6) is 0. The van der Waals surface area contributed by atoms with Crippen LogP contribution in [-0.2, 0) is 0 Å². The molecule has 0 bridgehead atoms. The summed E-state index contributed by atoms with van der Waals surface area (Å²) in [5, 5.41) is 13.2. The summed E-state index contributed by atoms with van der Waals surface area (Å²) in [4.78, 5) is 4.23. The van der Waals surface area contributed by atoms with Crippen molar-refractivity contribution in [3.63, 3.8) is 0 Å². The molecule has 0 saturated heterocycles. The molecule has 0 fully saturated rings. The fourth-order valence-electron chi connectivity index (χ4n) is 2.79. The largest absolute Gasteiger partial charge is 0.256 e. The van der Waals surface area contributed by atoms with E-state index >= 15 is 0 Å². The van der Waals surface area contributed by atoms with E-state index in [0.29, 0.717) is 6.04 Å². The average molecular weight is 243 g/mol. The van der Waals surface area contributed by atoms with Crippen molar-refractivity contribution in [1.82, 2.24) is 10.1 Å². The van der Waals surface area contributed by atoms with Gasteiger partial charge in [-0.25, -0.2) is 5.12 Å². The van der Waals surface area contributed by atoms with Crippen molar-refractivity contribution in [2.75, 3.05) is 7.05 Å². The van der Waals surface area contributed by atoms with E-state index in [1.54, 1.807) is 0 Å². The second-order valence-electron chi connectivity index (χ2n) is 5.20. The van der Waals surface area contributed by atoms with Crippen molar-refractivity contribution in [3.05, 3.63) is 27.9 Å². The van der Waals surface area contributed by atoms with Gasteiger partial charge in [0.05, 0.1) is 6.04 Å². The molecule has 5 heteroatoms. The quantitative estimate of drug-likeness (QED) is 0.662. The van der Waals surface area contributed by atoms with Gasteiger partial charge in [-0.1, -0.05) is 0 Å². The number of hydrazone groups is 1. The smallest absolute Gasteiger partial charge is 0.129 e. The van der Waals surface area contributed by atoms with E-state index in [2.05, 4.69) is 56.4 Å². The number of likely N-dealkylation sites (N-methyl/N-ethyl adjacent to an activating group) is 1. The lowest BCUT2D eigenvalue weighted by Gasteiger charge is -2.31. The summed E-state index contributed by atoms with van der Waals surface area (Å²) in [7, 11) is 2.07. The van der Waals surface area contributed by atoms with Gasteiger partial charge in [0.15, 0.2) is 0 Å². The van der Waals surface area contributed by atoms with E-state index in [1.807, 2.05) is 5.12 Å². The standard InChI is InChI=1S/C13H17N5/c1-7(2)18-16-12-8(3)10-11(15-6-14-10)9(4)13(12)17(18)5/h7,13H,1-5H3. The summed E-state index contributed by atoms with van der Waals surface area (Å²) in [6.45, 7) is 8.45. The molecule has 0 N–H and O–H groups in total. The zero-order valence-electron chi connectivity index (χ0n) is 11.4. The Bertz CT molecular complexity index is 523. The van der Waals surface area contributed by atoms with Gasteiger partial charge in [0.2, 0.25) is 0 Å². The zero-order valence-corrected chi connectivity index (χ0v) is 11.4. The third kappa shape index (κ3) is 1.29. The highest BCUT2D eigenvalue weighted by molar-refractivity contribution is 6.10. The summed E-state index contributed by atoms with van der Waals surface area (Å²) in [6.07, 6.45) is 2.71. The second-order valence-corrected chi connectivity index (χ2v) is 5.20. The highest BCUT2D eigenvalue weighted by Gasteiger charge is 2.43. The van der Waals surface area contributed by atoms with Crippen LogP contribution in [0.2, 0.25) is 0 Å². The molecule has 94 valence electrons. The van der Waals surface area contributed by atoms with E-state index < -0.39 is 0 Å². The molecular formula is C13H17N5. The van der Waals surface area contributed by atoms with Crippen LogP contribution < -0.4 is 0 Å². The minimum absolute atomic E-state index is 0.185. The van der Waals surface area contributed by atoms with Crippen LogP contribution in [0.15, 0.2) is 32.6 Å². The molecule has 5 nitrogen and oxygen atoms in total. The SMILES string of the molecule is CC1=C2N=[C+][N-]C2=C(C)C2C1=NN(C(C)C)N2C. The lowest BCUT2D eigenvalue weighted by atomic mass is 9.89. The molecule has 0 aromatic rings. The van der Waals surface area contributed by atoms with E-state index in [9.17, 15) is 0 Å². The maximum absolute atomic E-state index is 4.74. The summed E-state index contributed by atoms with van der Waals surface area (Å²) < 4.78 is 0. The van der Waals surface area contributed by atoms with Crippen molar-refractivity contribution in [2.24, 2.45) is 10.1 Å². The topological polar surface area (TPSA) is 45.3 Å². The van der Waals surface area contributed by atoms with Crippen molar-refractivity contribution in [3.8, 4) is 0 Å². The first-order valence-corrected chi connectivity index (χ1v) is 6.21. The van der Waals surface area contributed by atoms with Gasteiger partial charge in [-0.3, -0.25) is 10.3 Å². The average Bonchev–Trinajstić information content (AvgIpc) is 2.90. The summed E-state index contributed by atoms with van der Waals surface area (Å²) in [5.41, 5.74) is 5.30. The number of rotatable bonds is 1. The second kappa shape index (κ2) is 3.64. The van der Waals surface area contributed by atoms with Gasteiger partial charge in [0, 0.05) is 24.5 Å². The van der Waals surface area contributed by atoms with Crippen molar-refractivity contribution in [2.45, 2.75) is 39.8 Å². The molecule has 1 aliphatic carbocycles. The van der Waals surface area contributed by atoms with Gasteiger partial charge in [0.25, 0.3) is 0 Å². The molecule has 1 atom stereocenters. The van der Waals surface area contributed by atoms with Crippen molar-refractivity contribution in [1.29, 1.82) is 0 Å². The third-order valence-corrected chi connectivity index (χ3v) is 3.70. The predicted molar refractivity (Wildman–Crippen MR) is 72.2 cm³/mol. The Balaban J connectivity index is 2.13. The Labute approximate surface area is 108 Å². The van der Waals surface area contributed by atoms with Crippen LogP contribution in [0.3, 0.4) is 0 Å². The molecule has 1 unspecified atom stereocenters. The summed E-state index contributed by atoms with van der Waals surface area (Å²) in [6, 6.07) is 0.528. The first-order valence-electron chi connectivity index (χ1n) is 6.21.